The van der Waals surface area contributed by atoms with Gasteiger partial charge in [0.15, 0.2) is 5.13 Å². The molecule has 2 aromatic rings. The van der Waals surface area contributed by atoms with Crippen molar-refractivity contribution >= 4 is 70.0 Å². The van der Waals surface area contributed by atoms with Crippen LogP contribution < -0.4 is 31.6 Å². The Hall–Kier alpha value is -3.83. The standard InChI is InChI=1S/C20H20N8O6S3/c1-33-23-7-12(29)24-17-11(8-35-10-2-4-27(5-3-10)26-19(21)32)16(28-14(30)6-15(28)37-17)18(31)34-13-9-36-20(22)25-13/h2-5,7,9,15,17H,6,8H2,1H3,(H5-,21,22,24,25,26,29,32)/p+1/b23-7-/t15-,17?/m0/s1. The Bertz CT molecular complexity index is 1280. The van der Waals surface area contributed by atoms with Crippen molar-refractivity contribution in [1.82, 2.24) is 15.2 Å². The number of amides is 4. The lowest BCUT2D eigenvalue weighted by Gasteiger charge is -2.46. The van der Waals surface area contributed by atoms with Crippen LogP contribution in [0.1, 0.15) is 6.42 Å². The molecule has 0 aromatic carbocycles. The number of carbonyl (C=O) groups excluding carboxylic acids is 4. The molecule has 2 atom stereocenters. The third-order valence-corrected chi connectivity index (χ3v) is 8.01. The van der Waals surface area contributed by atoms with Gasteiger partial charge in [-0.05, 0) is 0 Å². The zero-order chi connectivity index (χ0) is 26.5. The van der Waals surface area contributed by atoms with E-state index < -0.39 is 23.3 Å². The summed E-state index contributed by atoms with van der Waals surface area (Å²) in [4.78, 5) is 59.9. The second-order valence-electron chi connectivity index (χ2n) is 7.36. The molecule has 0 spiro atoms. The first-order chi connectivity index (χ1) is 17.7. The molecule has 0 bridgehead atoms. The van der Waals surface area contributed by atoms with E-state index in [1.807, 2.05) is 0 Å². The van der Waals surface area contributed by atoms with Crippen LogP contribution >= 0.6 is 34.9 Å². The number of primary amides is 1. The van der Waals surface area contributed by atoms with Crippen LogP contribution in [0.4, 0.5) is 9.93 Å². The maximum Gasteiger partial charge on any atom is 0.365 e. The number of nitrogens with two attached hydrogens (primary N) is 2. The number of β-lactam (4-membered cyclic amide) rings is 1. The molecular formula is C20H21N8O6S3+. The van der Waals surface area contributed by atoms with E-state index in [9.17, 15) is 19.2 Å². The molecule has 4 rings (SSSR count). The van der Waals surface area contributed by atoms with E-state index in [0.717, 1.165) is 22.4 Å². The van der Waals surface area contributed by atoms with Crippen molar-refractivity contribution in [2.45, 2.75) is 22.1 Å². The fourth-order valence-electron chi connectivity index (χ4n) is 3.38. The highest BCUT2D eigenvalue weighted by molar-refractivity contribution is 8.01. The predicted molar refractivity (Wildman–Crippen MR) is 136 cm³/mol. The number of oxime groups is 1. The number of esters is 1. The number of nitrogens with one attached hydrogen (secondary N) is 2. The maximum atomic E-state index is 13.3. The van der Waals surface area contributed by atoms with Crippen molar-refractivity contribution in [3.8, 4) is 5.88 Å². The Morgan fingerprint density at radius 3 is 2.76 bits per heavy atom. The summed E-state index contributed by atoms with van der Waals surface area (Å²) in [5.41, 5.74) is 13.7. The van der Waals surface area contributed by atoms with Crippen molar-refractivity contribution in [3.63, 3.8) is 0 Å². The van der Waals surface area contributed by atoms with Crippen LogP contribution in [0.25, 0.3) is 0 Å². The maximum absolute atomic E-state index is 13.3. The van der Waals surface area contributed by atoms with Crippen LogP contribution in [-0.4, -0.2) is 63.5 Å². The van der Waals surface area contributed by atoms with Crippen molar-refractivity contribution in [3.05, 3.63) is 41.2 Å². The number of nitrogen functional groups attached to an aromatic ring is 1. The van der Waals surface area contributed by atoms with E-state index in [2.05, 4.69) is 25.7 Å². The summed E-state index contributed by atoms with van der Waals surface area (Å²) in [6.07, 6.45) is 4.36. The van der Waals surface area contributed by atoms with Crippen LogP contribution in [0.5, 0.6) is 5.88 Å². The minimum Gasteiger partial charge on any atom is -0.402 e. The van der Waals surface area contributed by atoms with Gasteiger partial charge >= 0.3 is 12.0 Å². The molecule has 37 heavy (non-hydrogen) atoms. The highest BCUT2D eigenvalue weighted by Gasteiger charge is 2.49. The summed E-state index contributed by atoms with van der Waals surface area (Å²) < 4.78 is 6.81. The van der Waals surface area contributed by atoms with E-state index in [-0.39, 0.29) is 40.2 Å². The Morgan fingerprint density at radius 2 is 2.14 bits per heavy atom. The first kappa shape index (κ1) is 26.2. The number of anilines is 1. The lowest BCUT2D eigenvalue weighted by molar-refractivity contribution is -0.641. The molecule has 6 N–H and O–H groups in total. The summed E-state index contributed by atoms with van der Waals surface area (Å²) in [5.74, 6) is -1.35. The van der Waals surface area contributed by atoms with E-state index >= 15 is 0 Å². The molecular weight excluding hydrogens is 544 g/mol. The third kappa shape index (κ3) is 6.30. The van der Waals surface area contributed by atoms with Gasteiger partial charge in [-0.2, -0.15) is 4.98 Å². The Balaban J connectivity index is 1.64. The number of hydrogen-bond donors (Lipinski definition) is 4. The summed E-state index contributed by atoms with van der Waals surface area (Å²) in [6.45, 7) is 0. The number of fused-ring (bicyclic) bond motifs is 1. The van der Waals surface area contributed by atoms with Crippen molar-refractivity contribution in [2.75, 3.05) is 24.0 Å². The SMILES string of the molecule is CO/N=C\C(=O)NC1S[C@H]2CC(=O)N2C(C(=O)Oc2csc(N)n2)=C1CSc1cc[n+](NC(N)=O)cc1. The first-order valence-corrected chi connectivity index (χ1v) is 13.3. The highest BCUT2D eigenvalue weighted by atomic mass is 32.2. The van der Waals surface area contributed by atoms with Gasteiger partial charge in [0.2, 0.25) is 24.2 Å². The number of rotatable bonds is 9. The summed E-state index contributed by atoms with van der Waals surface area (Å²) >= 11 is 3.77. The van der Waals surface area contributed by atoms with E-state index in [0.29, 0.717) is 5.57 Å². The van der Waals surface area contributed by atoms with Crippen molar-refractivity contribution in [2.24, 2.45) is 10.9 Å². The average Bonchev–Trinajstić information content (AvgIpc) is 3.26. The van der Waals surface area contributed by atoms with Gasteiger partial charge in [0, 0.05) is 28.4 Å². The van der Waals surface area contributed by atoms with Gasteiger partial charge in [-0.25, -0.2) is 9.59 Å². The van der Waals surface area contributed by atoms with Crippen LogP contribution in [0, 0.1) is 0 Å². The molecule has 14 nitrogen and oxygen atoms in total. The topological polar surface area (TPSA) is 195 Å². The third-order valence-electron chi connectivity index (χ3n) is 4.93. The molecule has 1 unspecified atom stereocenters. The fraction of sp³-hybridized carbons (Fsp3) is 0.250. The quantitative estimate of drug-likeness (QED) is 0.0800. The predicted octanol–water partition coefficient (Wildman–Crippen LogP) is -0.0335. The average molecular weight is 566 g/mol. The molecule has 2 aliphatic rings. The number of hydrogen-bond acceptors (Lipinski definition) is 12. The number of aromatic nitrogens is 2. The molecule has 2 aliphatic heterocycles. The molecule has 4 heterocycles. The molecule has 17 heteroatoms. The number of pyridine rings is 1. The van der Waals surface area contributed by atoms with Gasteiger partial charge in [0.25, 0.3) is 5.91 Å². The number of carbonyl (C=O) groups is 4. The van der Waals surface area contributed by atoms with Gasteiger partial charge in [-0.15, -0.1) is 40.3 Å². The van der Waals surface area contributed by atoms with Crippen molar-refractivity contribution < 1.29 is 33.4 Å². The normalized spacial score (nSPS) is 18.7. The monoisotopic (exact) mass is 565 g/mol. The van der Waals surface area contributed by atoms with Crippen LogP contribution in [0.3, 0.4) is 0 Å². The number of nitrogens with zero attached hydrogens (tertiary/aromatic N) is 4. The highest BCUT2D eigenvalue weighted by Crippen LogP contribution is 2.44. The molecule has 4 amide bonds. The molecule has 194 valence electrons. The van der Waals surface area contributed by atoms with Gasteiger partial charge in [0.05, 0.1) is 17.2 Å². The van der Waals surface area contributed by atoms with Crippen LogP contribution in [0.15, 0.2) is 51.2 Å². The van der Waals surface area contributed by atoms with Crippen molar-refractivity contribution in [1.29, 1.82) is 0 Å². The summed E-state index contributed by atoms with van der Waals surface area (Å²) in [5, 5.41) is 6.96. The Kier molecular flexibility index (Phi) is 8.14. The van der Waals surface area contributed by atoms with Crippen LogP contribution in [0.2, 0.25) is 0 Å². The smallest absolute Gasteiger partial charge is 0.365 e. The van der Waals surface area contributed by atoms with Crippen LogP contribution in [-0.2, 0) is 19.2 Å². The summed E-state index contributed by atoms with van der Waals surface area (Å²) in [6, 6.07) is 2.73. The molecule has 0 aliphatic carbocycles. The molecule has 2 aromatic heterocycles. The zero-order valence-electron chi connectivity index (χ0n) is 19.2. The molecule has 1 fully saturated rings. The zero-order valence-corrected chi connectivity index (χ0v) is 21.6. The molecule has 0 radical (unpaired) electrons. The minimum atomic E-state index is -0.791. The first-order valence-electron chi connectivity index (χ1n) is 10.5. The number of thiazole rings is 1. The largest absolute Gasteiger partial charge is 0.402 e. The second-order valence-corrected chi connectivity index (χ2v) is 10.6. The van der Waals surface area contributed by atoms with E-state index in [1.54, 1.807) is 24.5 Å². The lowest BCUT2D eigenvalue weighted by atomic mass is 10.1. The fourth-order valence-corrected chi connectivity index (χ4v) is 6.33. The second kappa shape index (κ2) is 11.5. The lowest BCUT2D eigenvalue weighted by Crippen LogP contribution is -2.58. The molecule has 1 saturated heterocycles. The number of ether oxygens (including phenoxy) is 1. The summed E-state index contributed by atoms with van der Waals surface area (Å²) in [7, 11) is 1.31. The Morgan fingerprint density at radius 1 is 1.38 bits per heavy atom. The van der Waals surface area contributed by atoms with Gasteiger partial charge in [-0.3, -0.25) is 14.5 Å². The van der Waals surface area contributed by atoms with Gasteiger partial charge in [-0.1, -0.05) is 9.83 Å². The van der Waals surface area contributed by atoms with Gasteiger partial charge < -0.3 is 26.4 Å². The number of thioether (sulfide) groups is 2. The number of urea groups is 1. The van der Waals surface area contributed by atoms with E-state index in [4.69, 9.17) is 16.2 Å². The van der Waals surface area contributed by atoms with E-state index in [1.165, 1.54) is 45.6 Å². The molecule has 0 saturated carbocycles. The Labute approximate surface area is 222 Å². The minimum absolute atomic E-state index is 0.0112. The van der Waals surface area contributed by atoms with Gasteiger partial charge in [0.1, 0.15) is 24.4 Å².